The lowest BCUT2D eigenvalue weighted by Gasteiger charge is -2.11. The topological polar surface area (TPSA) is 52.6 Å². The van der Waals surface area contributed by atoms with Gasteiger partial charge in [0.05, 0.1) is 0 Å². The summed E-state index contributed by atoms with van der Waals surface area (Å²) in [6.07, 6.45) is 1.90. The van der Waals surface area contributed by atoms with Crippen LogP contribution in [0, 0.1) is 0 Å². The summed E-state index contributed by atoms with van der Waals surface area (Å²) in [5.41, 5.74) is 1.97. The number of carbonyl (C=O) groups excluding carboxylic acids is 2. The van der Waals surface area contributed by atoms with Gasteiger partial charge in [-0.15, -0.1) is 0 Å². The highest BCUT2D eigenvalue weighted by Gasteiger charge is 2.08. The number of hydrogen-bond donors (Lipinski definition) is 0. The van der Waals surface area contributed by atoms with Crippen molar-refractivity contribution in [1.82, 2.24) is 0 Å². The quantitative estimate of drug-likeness (QED) is 0.545. The molecule has 0 spiro atoms. The maximum Gasteiger partial charge on any atom is 0.330 e. The van der Waals surface area contributed by atoms with Crippen molar-refractivity contribution in [2.45, 2.75) is 26.1 Å². The average Bonchev–Trinajstić information content (AvgIpc) is 2.69. The SMILES string of the molecule is C=CC(=O)OC(C)c1ccccc1.C=CC(=O)OC(C)c1ccccc1. The van der Waals surface area contributed by atoms with Crippen LogP contribution in [0.1, 0.15) is 37.2 Å². The number of ether oxygens (including phenoxy) is 2. The molecule has 26 heavy (non-hydrogen) atoms. The zero-order valence-electron chi connectivity index (χ0n) is 15.1. The van der Waals surface area contributed by atoms with Crippen LogP contribution in [0.2, 0.25) is 0 Å². The van der Waals surface area contributed by atoms with Crippen LogP contribution >= 0.6 is 0 Å². The van der Waals surface area contributed by atoms with E-state index in [2.05, 4.69) is 13.2 Å². The lowest BCUT2D eigenvalue weighted by Crippen LogP contribution is -2.05. The number of hydrogen-bond acceptors (Lipinski definition) is 4. The molecule has 0 amide bonds. The van der Waals surface area contributed by atoms with Crippen LogP contribution in [0.15, 0.2) is 86.0 Å². The second-order valence-corrected chi connectivity index (χ2v) is 5.39. The summed E-state index contributed by atoms with van der Waals surface area (Å²) in [4.78, 5) is 21.7. The standard InChI is InChI=1S/2C11H12O2/c2*1-3-11(12)13-9(2)10-7-5-4-6-8-10/h2*3-9H,1H2,2H3. The van der Waals surface area contributed by atoms with E-state index in [0.717, 1.165) is 11.1 Å². The van der Waals surface area contributed by atoms with Crippen molar-refractivity contribution >= 4 is 11.9 Å². The maximum atomic E-state index is 10.9. The lowest BCUT2D eigenvalue weighted by atomic mass is 10.1. The van der Waals surface area contributed by atoms with Crippen LogP contribution in [0.5, 0.6) is 0 Å². The fraction of sp³-hybridized carbons (Fsp3) is 0.182. The molecular formula is C22H24O4. The molecular weight excluding hydrogens is 328 g/mol. The van der Waals surface area contributed by atoms with Gasteiger partial charge in [-0.25, -0.2) is 9.59 Å². The molecule has 0 aliphatic carbocycles. The Kier molecular flexibility index (Phi) is 9.18. The average molecular weight is 352 g/mol. The summed E-state index contributed by atoms with van der Waals surface area (Å²) in [6, 6.07) is 19.2. The number of rotatable bonds is 6. The minimum absolute atomic E-state index is 0.216. The second kappa shape index (κ2) is 11.4. The fourth-order valence-corrected chi connectivity index (χ4v) is 2.03. The maximum absolute atomic E-state index is 10.9. The number of benzene rings is 2. The van der Waals surface area contributed by atoms with Gasteiger partial charge >= 0.3 is 11.9 Å². The van der Waals surface area contributed by atoms with Crippen molar-refractivity contribution in [3.05, 3.63) is 97.1 Å². The summed E-state index contributed by atoms with van der Waals surface area (Å²) in [5, 5.41) is 0. The first-order valence-corrected chi connectivity index (χ1v) is 8.24. The van der Waals surface area contributed by atoms with Gasteiger partial charge in [-0.2, -0.15) is 0 Å². The Morgan fingerprint density at radius 2 is 1.04 bits per heavy atom. The van der Waals surface area contributed by atoms with Crippen LogP contribution in [0.4, 0.5) is 0 Å². The van der Waals surface area contributed by atoms with Crippen LogP contribution < -0.4 is 0 Å². The van der Waals surface area contributed by atoms with Crippen molar-refractivity contribution in [3.63, 3.8) is 0 Å². The van der Waals surface area contributed by atoms with Crippen LogP contribution in [-0.4, -0.2) is 11.9 Å². The van der Waals surface area contributed by atoms with E-state index in [1.54, 1.807) is 0 Å². The minimum atomic E-state index is -0.392. The van der Waals surface area contributed by atoms with Crippen molar-refractivity contribution in [3.8, 4) is 0 Å². The molecule has 0 aliphatic rings. The monoisotopic (exact) mass is 352 g/mol. The molecule has 4 nitrogen and oxygen atoms in total. The first-order chi connectivity index (χ1) is 12.5. The highest BCUT2D eigenvalue weighted by atomic mass is 16.5. The van der Waals surface area contributed by atoms with E-state index in [4.69, 9.17) is 9.47 Å². The summed E-state index contributed by atoms with van der Waals surface area (Å²) in [6.45, 7) is 10.3. The molecule has 2 rings (SSSR count). The van der Waals surface area contributed by atoms with Crippen LogP contribution in [-0.2, 0) is 19.1 Å². The summed E-state index contributed by atoms with van der Waals surface area (Å²) in [7, 11) is 0. The van der Waals surface area contributed by atoms with Gasteiger partial charge in [0.25, 0.3) is 0 Å². The molecule has 0 radical (unpaired) electrons. The normalized spacial score (nSPS) is 11.8. The first kappa shape index (κ1) is 20.9. The predicted molar refractivity (Wildman–Crippen MR) is 102 cm³/mol. The van der Waals surface area contributed by atoms with E-state index in [1.807, 2.05) is 74.5 Å². The van der Waals surface area contributed by atoms with Crippen molar-refractivity contribution in [2.24, 2.45) is 0 Å². The summed E-state index contributed by atoms with van der Waals surface area (Å²) >= 11 is 0. The molecule has 0 saturated heterocycles. The lowest BCUT2D eigenvalue weighted by molar-refractivity contribution is -0.143. The highest BCUT2D eigenvalue weighted by Crippen LogP contribution is 2.16. The van der Waals surface area contributed by atoms with E-state index in [9.17, 15) is 9.59 Å². The van der Waals surface area contributed by atoms with Gasteiger partial charge < -0.3 is 9.47 Å². The summed E-state index contributed by atoms with van der Waals surface area (Å²) in [5.74, 6) is -0.785. The van der Waals surface area contributed by atoms with Crippen molar-refractivity contribution in [2.75, 3.05) is 0 Å². The summed E-state index contributed by atoms with van der Waals surface area (Å²) < 4.78 is 10.1. The third-order valence-electron chi connectivity index (χ3n) is 3.46. The van der Waals surface area contributed by atoms with Gasteiger partial charge in [0.1, 0.15) is 12.2 Å². The largest absolute Gasteiger partial charge is 0.455 e. The van der Waals surface area contributed by atoms with E-state index < -0.39 is 11.9 Å². The van der Waals surface area contributed by atoms with Gasteiger partial charge in [0.15, 0.2) is 0 Å². The van der Waals surface area contributed by atoms with Gasteiger partial charge in [-0.1, -0.05) is 73.8 Å². The van der Waals surface area contributed by atoms with Gasteiger partial charge in [0.2, 0.25) is 0 Å². The molecule has 0 fully saturated rings. The molecule has 0 aliphatic heterocycles. The zero-order chi connectivity index (χ0) is 19.4. The van der Waals surface area contributed by atoms with E-state index >= 15 is 0 Å². The fourth-order valence-electron chi connectivity index (χ4n) is 2.03. The molecule has 0 saturated carbocycles. The smallest absolute Gasteiger partial charge is 0.330 e. The molecule has 0 N–H and O–H groups in total. The third-order valence-corrected chi connectivity index (χ3v) is 3.46. The van der Waals surface area contributed by atoms with Crippen molar-refractivity contribution < 1.29 is 19.1 Å². The Morgan fingerprint density at radius 1 is 0.731 bits per heavy atom. The predicted octanol–water partition coefficient (Wildman–Crippen LogP) is 4.95. The highest BCUT2D eigenvalue weighted by molar-refractivity contribution is 5.81. The Labute approximate surface area is 154 Å². The first-order valence-electron chi connectivity index (χ1n) is 8.24. The minimum Gasteiger partial charge on any atom is -0.455 e. The Hall–Kier alpha value is -3.14. The molecule has 0 heterocycles. The van der Waals surface area contributed by atoms with Crippen LogP contribution in [0.3, 0.4) is 0 Å². The molecule has 2 unspecified atom stereocenters. The van der Waals surface area contributed by atoms with E-state index in [0.29, 0.717) is 0 Å². The Bertz CT molecular complexity index is 644. The number of esters is 2. The molecule has 2 aromatic rings. The van der Waals surface area contributed by atoms with E-state index in [-0.39, 0.29) is 12.2 Å². The second-order valence-electron chi connectivity index (χ2n) is 5.39. The molecule has 136 valence electrons. The molecule has 0 bridgehead atoms. The van der Waals surface area contributed by atoms with Gasteiger partial charge in [0, 0.05) is 12.2 Å². The van der Waals surface area contributed by atoms with Gasteiger partial charge in [-0.05, 0) is 25.0 Å². The number of carbonyl (C=O) groups is 2. The Balaban J connectivity index is 0.000000260. The van der Waals surface area contributed by atoms with E-state index in [1.165, 1.54) is 12.2 Å². The Morgan fingerprint density at radius 3 is 1.31 bits per heavy atom. The van der Waals surface area contributed by atoms with Gasteiger partial charge in [-0.3, -0.25) is 0 Å². The zero-order valence-corrected chi connectivity index (χ0v) is 15.1. The molecule has 2 aromatic carbocycles. The van der Waals surface area contributed by atoms with Crippen molar-refractivity contribution in [1.29, 1.82) is 0 Å². The molecule has 4 heteroatoms. The molecule has 2 atom stereocenters. The van der Waals surface area contributed by atoms with Crippen LogP contribution in [0.25, 0.3) is 0 Å². The third kappa shape index (κ3) is 7.62. The molecule has 0 aromatic heterocycles.